The van der Waals surface area contributed by atoms with Gasteiger partial charge in [0.2, 0.25) is 11.7 Å². The highest BCUT2D eigenvalue weighted by Crippen LogP contribution is 2.17. The molecule has 4 rings (SSSR count). The number of hydrogen-bond acceptors (Lipinski definition) is 5. The van der Waals surface area contributed by atoms with E-state index in [9.17, 15) is 4.79 Å². The Kier molecular flexibility index (Phi) is 3.82. The van der Waals surface area contributed by atoms with Gasteiger partial charge in [0.1, 0.15) is 6.54 Å². The second-order valence-corrected chi connectivity index (χ2v) is 6.15. The van der Waals surface area contributed by atoms with Gasteiger partial charge in [0.05, 0.1) is 17.2 Å². The zero-order valence-corrected chi connectivity index (χ0v) is 14.1. The molecule has 0 N–H and O–H groups in total. The molecule has 25 heavy (non-hydrogen) atoms. The molecule has 0 saturated carbocycles. The van der Waals surface area contributed by atoms with Gasteiger partial charge in [0, 0.05) is 10.6 Å². The molecule has 2 aromatic heterocycles. The molecule has 124 valence electrons. The summed E-state index contributed by atoms with van der Waals surface area (Å²) in [7, 11) is 0. The molecule has 0 saturated heterocycles. The predicted octanol–water partition coefficient (Wildman–Crippen LogP) is 3.46. The number of fused-ring (bicyclic) bond motifs is 1. The van der Waals surface area contributed by atoms with Gasteiger partial charge in [-0.15, -0.1) is 0 Å². The van der Waals surface area contributed by atoms with Crippen molar-refractivity contribution in [1.29, 1.82) is 0 Å². The molecular weight excluding hydrogens is 340 g/mol. The molecule has 0 fully saturated rings. The van der Waals surface area contributed by atoms with Gasteiger partial charge < -0.3 is 4.52 Å². The van der Waals surface area contributed by atoms with Gasteiger partial charge in [-0.3, -0.25) is 9.36 Å². The van der Waals surface area contributed by atoms with E-state index >= 15 is 0 Å². The van der Waals surface area contributed by atoms with Crippen LogP contribution in [0.3, 0.4) is 0 Å². The van der Waals surface area contributed by atoms with E-state index in [-0.39, 0.29) is 12.1 Å². The summed E-state index contributed by atoms with van der Waals surface area (Å²) in [6.07, 6.45) is 1.47. The lowest BCUT2D eigenvalue weighted by molar-refractivity contribution is 0.369. The van der Waals surface area contributed by atoms with Crippen molar-refractivity contribution in [2.75, 3.05) is 0 Å². The molecule has 2 heterocycles. The first-order chi connectivity index (χ1) is 12.1. The Morgan fingerprint density at radius 2 is 1.96 bits per heavy atom. The zero-order chi connectivity index (χ0) is 17.4. The van der Waals surface area contributed by atoms with Crippen molar-refractivity contribution < 1.29 is 4.52 Å². The highest BCUT2D eigenvalue weighted by Gasteiger charge is 2.11. The van der Waals surface area contributed by atoms with Crippen molar-refractivity contribution in [1.82, 2.24) is 19.7 Å². The number of hydrogen-bond donors (Lipinski definition) is 0. The highest BCUT2D eigenvalue weighted by atomic mass is 35.5. The smallest absolute Gasteiger partial charge is 0.261 e. The summed E-state index contributed by atoms with van der Waals surface area (Å²) in [4.78, 5) is 21.2. The number of nitrogens with zero attached hydrogens (tertiary/aromatic N) is 4. The van der Waals surface area contributed by atoms with E-state index < -0.39 is 0 Å². The summed E-state index contributed by atoms with van der Waals surface area (Å²) >= 11 is 5.97. The fourth-order valence-corrected chi connectivity index (χ4v) is 2.70. The van der Waals surface area contributed by atoms with Gasteiger partial charge in [-0.25, -0.2) is 4.98 Å². The first-order valence-corrected chi connectivity index (χ1v) is 8.02. The first-order valence-electron chi connectivity index (χ1n) is 7.64. The topological polar surface area (TPSA) is 73.8 Å². The zero-order valence-electron chi connectivity index (χ0n) is 13.3. The van der Waals surface area contributed by atoms with Crippen LogP contribution in [-0.2, 0) is 6.54 Å². The Morgan fingerprint density at radius 3 is 2.76 bits per heavy atom. The molecule has 2 aromatic carbocycles. The average molecular weight is 353 g/mol. The summed E-state index contributed by atoms with van der Waals surface area (Å²) in [5.41, 5.74) is 2.40. The molecule has 0 aliphatic heterocycles. The van der Waals surface area contributed by atoms with Crippen molar-refractivity contribution in [3.8, 4) is 11.4 Å². The average Bonchev–Trinajstić information content (AvgIpc) is 3.07. The van der Waals surface area contributed by atoms with Gasteiger partial charge >= 0.3 is 0 Å². The molecular formula is C18H13ClN4O2. The van der Waals surface area contributed by atoms with Gasteiger partial charge in [0.15, 0.2) is 0 Å². The predicted molar refractivity (Wildman–Crippen MR) is 94.6 cm³/mol. The van der Waals surface area contributed by atoms with Crippen LogP contribution in [0.1, 0.15) is 11.5 Å². The highest BCUT2D eigenvalue weighted by molar-refractivity contribution is 6.31. The Balaban J connectivity index is 1.67. The van der Waals surface area contributed by atoms with E-state index in [1.807, 2.05) is 31.2 Å². The Labute approximate surface area is 147 Å². The van der Waals surface area contributed by atoms with Crippen molar-refractivity contribution in [2.45, 2.75) is 13.5 Å². The number of halogens is 1. The Morgan fingerprint density at radius 1 is 1.16 bits per heavy atom. The van der Waals surface area contributed by atoms with Crippen molar-refractivity contribution in [3.63, 3.8) is 0 Å². The molecule has 7 heteroatoms. The molecule has 0 bridgehead atoms. The summed E-state index contributed by atoms with van der Waals surface area (Å²) in [5, 5.41) is 4.92. The molecule has 0 atom stereocenters. The lowest BCUT2D eigenvalue weighted by Crippen LogP contribution is -2.21. The standard InChI is InChI=1S/C18H13ClN4O2/c1-11-2-4-12(5-3-11)17-21-16(25-22-17)9-23-10-20-15-7-6-13(19)8-14(15)18(23)24/h2-8,10H,9H2,1H3. The van der Waals surface area contributed by atoms with E-state index in [2.05, 4.69) is 15.1 Å². The second-order valence-electron chi connectivity index (χ2n) is 5.72. The molecule has 0 radical (unpaired) electrons. The molecule has 0 amide bonds. The van der Waals surface area contributed by atoms with Crippen LogP contribution < -0.4 is 5.56 Å². The third kappa shape index (κ3) is 3.04. The molecule has 0 aliphatic rings. The summed E-state index contributed by atoms with van der Waals surface area (Å²) < 4.78 is 6.69. The van der Waals surface area contributed by atoms with E-state index in [1.165, 1.54) is 10.9 Å². The van der Waals surface area contributed by atoms with Gasteiger partial charge in [0.25, 0.3) is 5.56 Å². The van der Waals surface area contributed by atoms with Crippen LogP contribution in [0.4, 0.5) is 0 Å². The van der Waals surface area contributed by atoms with Crippen LogP contribution in [0, 0.1) is 6.92 Å². The molecule has 0 spiro atoms. The van der Waals surface area contributed by atoms with Gasteiger partial charge in [-0.1, -0.05) is 46.6 Å². The maximum absolute atomic E-state index is 12.6. The van der Waals surface area contributed by atoms with E-state index in [0.717, 1.165) is 11.1 Å². The minimum Gasteiger partial charge on any atom is -0.337 e. The van der Waals surface area contributed by atoms with Crippen molar-refractivity contribution in [3.05, 3.63) is 75.6 Å². The van der Waals surface area contributed by atoms with E-state index in [0.29, 0.717) is 27.6 Å². The molecule has 0 aliphatic carbocycles. The quantitative estimate of drug-likeness (QED) is 0.564. The number of aromatic nitrogens is 4. The minimum absolute atomic E-state index is 0.146. The van der Waals surface area contributed by atoms with Crippen LogP contribution >= 0.6 is 11.6 Å². The fraction of sp³-hybridized carbons (Fsp3) is 0.111. The third-order valence-electron chi connectivity index (χ3n) is 3.87. The molecule has 4 aromatic rings. The lowest BCUT2D eigenvalue weighted by atomic mass is 10.1. The molecule has 6 nitrogen and oxygen atoms in total. The minimum atomic E-state index is -0.206. The fourth-order valence-electron chi connectivity index (χ4n) is 2.53. The summed E-state index contributed by atoms with van der Waals surface area (Å²) in [5.74, 6) is 0.820. The maximum atomic E-state index is 12.6. The summed E-state index contributed by atoms with van der Waals surface area (Å²) in [6.45, 7) is 2.16. The lowest BCUT2D eigenvalue weighted by Gasteiger charge is -2.03. The summed E-state index contributed by atoms with van der Waals surface area (Å²) in [6, 6.07) is 12.8. The largest absolute Gasteiger partial charge is 0.337 e. The van der Waals surface area contributed by atoms with Crippen LogP contribution in [0.2, 0.25) is 5.02 Å². The maximum Gasteiger partial charge on any atom is 0.261 e. The normalized spacial score (nSPS) is 11.1. The van der Waals surface area contributed by atoms with Crippen LogP contribution in [0.5, 0.6) is 0 Å². The SMILES string of the molecule is Cc1ccc(-c2noc(Cn3cnc4ccc(Cl)cc4c3=O)n2)cc1. The Bertz CT molecular complexity index is 1120. The van der Waals surface area contributed by atoms with E-state index in [1.54, 1.807) is 18.2 Å². The van der Waals surface area contributed by atoms with Crippen LogP contribution in [-0.4, -0.2) is 19.7 Å². The number of aryl methyl sites for hydroxylation is 1. The van der Waals surface area contributed by atoms with Gasteiger partial charge in [-0.05, 0) is 25.1 Å². The number of benzene rings is 2. The molecule has 0 unspecified atom stereocenters. The van der Waals surface area contributed by atoms with Crippen molar-refractivity contribution >= 4 is 22.5 Å². The Hall–Kier alpha value is -2.99. The van der Waals surface area contributed by atoms with Crippen molar-refractivity contribution in [2.24, 2.45) is 0 Å². The van der Waals surface area contributed by atoms with Gasteiger partial charge in [-0.2, -0.15) is 4.98 Å². The second kappa shape index (κ2) is 6.14. The monoisotopic (exact) mass is 352 g/mol. The van der Waals surface area contributed by atoms with Crippen LogP contribution in [0.15, 0.2) is 58.1 Å². The number of rotatable bonds is 3. The first kappa shape index (κ1) is 15.5. The third-order valence-corrected chi connectivity index (χ3v) is 4.10. The van der Waals surface area contributed by atoms with E-state index in [4.69, 9.17) is 16.1 Å². The van der Waals surface area contributed by atoms with Crippen LogP contribution in [0.25, 0.3) is 22.3 Å².